The minimum Gasteiger partial charge on any atom is -0.480 e. The number of para-hydroxylation sites is 1. The van der Waals surface area contributed by atoms with Crippen LogP contribution in [0.3, 0.4) is 0 Å². The van der Waals surface area contributed by atoms with Crippen molar-refractivity contribution in [1.29, 1.82) is 0 Å². The van der Waals surface area contributed by atoms with Crippen molar-refractivity contribution in [3.05, 3.63) is 69.6 Å². The number of thiocarbonyl (C=S) groups is 1. The number of amides is 2. The number of hydrogen-bond donors (Lipinski definition) is 1. The number of carboxylic acids is 1. The molecule has 0 radical (unpaired) electrons. The van der Waals surface area contributed by atoms with E-state index in [1.54, 1.807) is 29.2 Å². The molecule has 146 valence electrons. The lowest BCUT2D eigenvalue weighted by molar-refractivity contribution is -0.140. The molecule has 0 aromatic heterocycles. The van der Waals surface area contributed by atoms with E-state index >= 15 is 0 Å². The molecule has 0 saturated carbocycles. The molecule has 9 heteroatoms. The summed E-state index contributed by atoms with van der Waals surface area (Å²) < 4.78 is 0.120. The van der Waals surface area contributed by atoms with Crippen LogP contribution in [0.15, 0.2) is 53.4 Å². The third-order valence-electron chi connectivity index (χ3n) is 4.58. The van der Waals surface area contributed by atoms with Gasteiger partial charge in [0.05, 0.1) is 22.7 Å². The Kier molecular flexibility index (Phi) is 5.16. The van der Waals surface area contributed by atoms with Crippen LogP contribution in [0.4, 0.5) is 5.69 Å². The predicted octanol–water partition coefficient (Wildman–Crippen LogP) is 3.54. The van der Waals surface area contributed by atoms with Crippen LogP contribution in [0.2, 0.25) is 5.02 Å². The van der Waals surface area contributed by atoms with E-state index < -0.39 is 18.4 Å². The number of carbonyl (C=O) groups is 3. The second-order valence-corrected chi connectivity index (χ2v) is 8.41. The molecule has 0 unspecified atom stereocenters. The molecule has 1 fully saturated rings. The van der Waals surface area contributed by atoms with Crippen molar-refractivity contribution in [1.82, 2.24) is 4.90 Å². The lowest BCUT2D eigenvalue weighted by atomic mass is 10.1. The van der Waals surface area contributed by atoms with Crippen LogP contribution in [0.25, 0.3) is 5.57 Å². The Labute approximate surface area is 180 Å². The summed E-state index contributed by atoms with van der Waals surface area (Å²) in [6, 6.07) is 14.4. The first kappa shape index (κ1) is 19.6. The summed E-state index contributed by atoms with van der Waals surface area (Å²) in [6.07, 6.45) is 0. The minimum absolute atomic E-state index is 0.120. The molecule has 29 heavy (non-hydrogen) atoms. The van der Waals surface area contributed by atoms with E-state index in [1.165, 1.54) is 0 Å². The minimum atomic E-state index is -1.17. The Bertz CT molecular complexity index is 1120. The van der Waals surface area contributed by atoms with Gasteiger partial charge in [-0.05, 0) is 17.7 Å². The first-order chi connectivity index (χ1) is 13.9. The normalized spacial score (nSPS) is 18.6. The second kappa shape index (κ2) is 7.62. The quantitative estimate of drug-likeness (QED) is 0.574. The third kappa shape index (κ3) is 3.43. The van der Waals surface area contributed by atoms with Crippen molar-refractivity contribution >= 4 is 68.9 Å². The molecule has 2 amide bonds. The zero-order valence-corrected chi connectivity index (χ0v) is 17.2. The number of anilines is 1. The van der Waals surface area contributed by atoms with E-state index in [0.717, 1.165) is 22.2 Å². The zero-order valence-electron chi connectivity index (χ0n) is 14.8. The van der Waals surface area contributed by atoms with E-state index in [2.05, 4.69) is 0 Å². The van der Waals surface area contributed by atoms with Crippen LogP contribution < -0.4 is 4.90 Å². The van der Waals surface area contributed by atoms with Gasteiger partial charge in [-0.3, -0.25) is 19.3 Å². The summed E-state index contributed by atoms with van der Waals surface area (Å²) in [4.78, 5) is 39.9. The van der Waals surface area contributed by atoms with Crippen LogP contribution in [0, 0.1) is 0 Å². The van der Waals surface area contributed by atoms with Crippen molar-refractivity contribution in [2.75, 3.05) is 11.4 Å². The number of rotatable bonds is 4. The van der Waals surface area contributed by atoms with Crippen LogP contribution in [-0.4, -0.2) is 38.7 Å². The van der Waals surface area contributed by atoms with Gasteiger partial charge in [0.25, 0.3) is 11.8 Å². The van der Waals surface area contributed by atoms with Gasteiger partial charge < -0.3 is 10.0 Å². The molecule has 6 nitrogen and oxygen atoms in total. The highest BCUT2D eigenvalue weighted by Gasteiger charge is 2.42. The van der Waals surface area contributed by atoms with Crippen molar-refractivity contribution in [2.45, 2.75) is 6.54 Å². The number of carboxylic acid groups (broad SMARTS) is 1. The van der Waals surface area contributed by atoms with Crippen molar-refractivity contribution < 1.29 is 19.5 Å². The van der Waals surface area contributed by atoms with E-state index in [1.807, 2.05) is 24.3 Å². The lowest BCUT2D eigenvalue weighted by Crippen LogP contribution is -2.33. The highest BCUT2D eigenvalue weighted by Crippen LogP contribution is 2.45. The number of fused-ring (bicyclic) bond motifs is 1. The molecule has 2 heterocycles. The van der Waals surface area contributed by atoms with Crippen LogP contribution >= 0.6 is 35.6 Å². The van der Waals surface area contributed by atoms with Gasteiger partial charge in [-0.15, -0.1) is 0 Å². The van der Waals surface area contributed by atoms with Gasteiger partial charge in [0.15, 0.2) is 0 Å². The molecular weight excluding hydrogens is 432 g/mol. The summed E-state index contributed by atoms with van der Waals surface area (Å²) in [5.74, 6) is -2.09. The number of hydrogen-bond acceptors (Lipinski definition) is 5. The first-order valence-corrected chi connectivity index (χ1v) is 10.1. The highest BCUT2D eigenvalue weighted by atomic mass is 35.5. The van der Waals surface area contributed by atoms with Crippen LogP contribution in [0.5, 0.6) is 0 Å². The molecule has 2 aromatic rings. The molecule has 0 aliphatic carbocycles. The number of halogens is 1. The summed E-state index contributed by atoms with van der Waals surface area (Å²) in [7, 11) is 0. The number of carbonyl (C=O) groups excluding carboxylic acids is 2. The van der Waals surface area contributed by atoms with Crippen LogP contribution in [-0.2, 0) is 20.9 Å². The SMILES string of the molecule is O=C(O)CN1C(=O)C(=C2C(=O)N(Cc3ccccc3Cl)c3ccccc32)SC1=S. The van der Waals surface area contributed by atoms with Gasteiger partial charge in [-0.25, -0.2) is 0 Å². The fourth-order valence-electron chi connectivity index (χ4n) is 3.27. The van der Waals surface area contributed by atoms with E-state index in [4.69, 9.17) is 28.9 Å². The van der Waals surface area contributed by atoms with Gasteiger partial charge in [-0.1, -0.05) is 72.0 Å². The van der Waals surface area contributed by atoms with Gasteiger partial charge >= 0.3 is 5.97 Å². The number of nitrogens with zero attached hydrogens (tertiary/aromatic N) is 2. The molecule has 2 aliphatic rings. The summed E-state index contributed by atoms with van der Waals surface area (Å²) >= 11 is 12.4. The van der Waals surface area contributed by atoms with Gasteiger partial charge in [0.2, 0.25) is 0 Å². The number of thioether (sulfide) groups is 1. The Morgan fingerprint density at radius 1 is 1.03 bits per heavy atom. The van der Waals surface area contributed by atoms with E-state index in [9.17, 15) is 14.4 Å². The summed E-state index contributed by atoms with van der Waals surface area (Å²) in [5, 5.41) is 9.58. The number of aliphatic carboxylic acids is 1. The van der Waals surface area contributed by atoms with E-state index in [-0.39, 0.29) is 27.3 Å². The average molecular weight is 445 g/mol. The van der Waals surface area contributed by atoms with Crippen molar-refractivity contribution in [3.63, 3.8) is 0 Å². The third-order valence-corrected chi connectivity index (χ3v) is 6.40. The summed E-state index contributed by atoms with van der Waals surface area (Å²) in [6.45, 7) is -0.297. The second-order valence-electron chi connectivity index (χ2n) is 6.36. The standard InChI is InChI=1S/C20H13ClN2O4S2/c21-13-7-3-1-5-11(13)9-22-14-8-4-2-6-12(14)16(18(22)26)17-19(27)23(10-15(24)25)20(28)29-17/h1-8H,9-10H2,(H,24,25). The zero-order chi connectivity index (χ0) is 20.7. The van der Waals surface area contributed by atoms with Gasteiger partial charge in [0, 0.05) is 10.6 Å². The van der Waals surface area contributed by atoms with Crippen LogP contribution in [0.1, 0.15) is 11.1 Å². The predicted molar refractivity (Wildman–Crippen MR) is 116 cm³/mol. The Balaban J connectivity index is 1.78. The Morgan fingerprint density at radius 3 is 2.45 bits per heavy atom. The molecule has 0 spiro atoms. The largest absolute Gasteiger partial charge is 0.480 e. The molecule has 1 N–H and O–H groups in total. The smallest absolute Gasteiger partial charge is 0.323 e. The Hall–Kier alpha value is -2.68. The van der Waals surface area contributed by atoms with Crippen molar-refractivity contribution in [2.24, 2.45) is 0 Å². The molecular formula is C20H13ClN2O4S2. The van der Waals surface area contributed by atoms with Gasteiger partial charge in [0.1, 0.15) is 10.9 Å². The lowest BCUT2D eigenvalue weighted by Gasteiger charge is -2.18. The molecule has 1 saturated heterocycles. The fraction of sp³-hybridized carbons (Fsp3) is 0.100. The molecule has 0 atom stereocenters. The highest BCUT2D eigenvalue weighted by molar-refractivity contribution is 8.26. The topological polar surface area (TPSA) is 77.9 Å². The maximum absolute atomic E-state index is 13.3. The average Bonchev–Trinajstić information content (AvgIpc) is 3.11. The summed E-state index contributed by atoms with van der Waals surface area (Å²) in [5.41, 5.74) is 2.28. The van der Waals surface area contributed by atoms with E-state index in [0.29, 0.717) is 16.3 Å². The fourth-order valence-corrected chi connectivity index (χ4v) is 4.80. The molecule has 4 rings (SSSR count). The Morgan fingerprint density at radius 2 is 1.72 bits per heavy atom. The monoisotopic (exact) mass is 444 g/mol. The number of benzene rings is 2. The molecule has 0 bridgehead atoms. The van der Waals surface area contributed by atoms with Crippen molar-refractivity contribution in [3.8, 4) is 0 Å². The molecule has 2 aromatic carbocycles. The maximum Gasteiger partial charge on any atom is 0.323 e. The van der Waals surface area contributed by atoms with Gasteiger partial charge in [-0.2, -0.15) is 0 Å². The first-order valence-electron chi connectivity index (χ1n) is 8.53. The molecule has 2 aliphatic heterocycles. The maximum atomic E-state index is 13.3.